The van der Waals surface area contributed by atoms with E-state index in [1.807, 2.05) is 18.2 Å². The van der Waals surface area contributed by atoms with E-state index in [2.05, 4.69) is 9.97 Å². The summed E-state index contributed by atoms with van der Waals surface area (Å²) in [7, 11) is 1.59. The smallest absolute Gasteiger partial charge is 0.192 e. The maximum atomic E-state index is 9.86. The van der Waals surface area contributed by atoms with Crippen molar-refractivity contribution in [2.45, 2.75) is 23.1 Å². The number of aliphatic hydroxyl groups is 1. The van der Waals surface area contributed by atoms with E-state index in [1.54, 1.807) is 32.5 Å². The van der Waals surface area contributed by atoms with Crippen LogP contribution in [0.4, 0.5) is 0 Å². The summed E-state index contributed by atoms with van der Waals surface area (Å²) in [6.07, 6.45) is 2.78. The van der Waals surface area contributed by atoms with E-state index in [1.165, 1.54) is 11.8 Å². The molecule has 4 nitrogen and oxygen atoms in total. The highest BCUT2D eigenvalue weighted by atomic mass is 32.2. The van der Waals surface area contributed by atoms with Crippen LogP contribution in [-0.4, -0.2) is 22.2 Å². The van der Waals surface area contributed by atoms with Gasteiger partial charge in [-0.05, 0) is 36.9 Å². The third-order valence-corrected chi connectivity index (χ3v) is 3.38. The van der Waals surface area contributed by atoms with Gasteiger partial charge in [-0.3, -0.25) is 0 Å². The van der Waals surface area contributed by atoms with Crippen molar-refractivity contribution in [2.75, 3.05) is 7.11 Å². The standard InChI is InChI=1S/C13H14N2O2S/c1-9(16)12-10(17-2)5-3-6-11(12)18-13-14-7-4-8-15-13/h3-9,16H,1-2H3/t9-/m1/s1. The number of hydrogen-bond donors (Lipinski definition) is 1. The summed E-state index contributed by atoms with van der Waals surface area (Å²) < 4.78 is 5.27. The van der Waals surface area contributed by atoms with Crippen molar-refractivity contribution in [3.05, 3.63) is 42.2 Å². The first-order valence-electron chi connectivity index (χ1n) is 5.52. The number of nitrogens with zero attached hydrogens (tertiary/aromatic N) is 2. The molecule has 5 heteroatoms. The molecule has 1 aromatic heterocycles. The first kappa shape index (κ1) is 12.9. The summed E-state index contributed by atoms with van der Waals surface area (Å²) in [6.45, 7) is 1.72. The molecule has 1 atom stereocenters. The second-order valence-corrected chi connectivity index (χ2v) is 4.69. The maximum absolute atomic E-state index is 9.86. The second-order valence-electron chi connectivity index (χ2n) is 3.68. The molecule has 0 spiro atoms. The molecule has 0 aliphatic heterocycles. The average Bonchev–Trinajstić information content (AvgIpc) is 2.39. The third-order valence-electron chi connectivity index (χ3n) is 2.41. The largest absolute Gasteiger partial charge is 0.496 e. The Kier molecular flexibility index (Phi) is 4.17. The Morgan fingerprint density at radius 1 is 1.22 bits per heavy atom. The van der Waals surface area contributed by atoms with Gasteiger partial charge in [0, 0.05) is 22.9 Å². The van der Waals surface area contributed by atoms with Crippen molar-refractivity contribution in [1.82, 2.24) is 9.97 Å². The Hall–Kier alpha value is -1.59. The molecule has 0 fully saturated rings. The van der Waals surface area contributed by atoms with Gasteiger partial charge < -0.3 is 9.84 Å². The topological polar surface area (TPSA) is 55.2 Å². The minimum Gasteiger partial charge on any atom is -0.496 e. The fourth-order valence-electron chi connectivity index (χ4n) is 1.64. The molecule has 0 bridgehead atoms. The minimum atomic E-state index is -0.604. The molecular formula is C13H14N2O2S. The van der Waals surface area contributed by atoms with E-state index in [0.29, 0.717) is 10.9 Å². The average molecular weight is 262 g/mol. The van der Waals surface area contributed by atoms with Gasteiger partial charge in [0.1, 0.15) is 5.75 Å². The fourth-order valence-corrected chi connectivity index (χ4v) is 2.59. The van der Waals surface area contributed by atoms with E-state index in [9.17, 15) is 5.11 Å². The van der Waals surface area contributed by atoms with Crippen LogP contribution in [0.2, 0.25) is 0 Å². The van der Waals surface area contributed by atoms with Crippen molar-refractivity contribution in [2.24, 2.45) is 0 Å². The highest BCUT2D eigenvalue weighted by Gasteiger charge is 2.15. The van der Waals surface area contributed by atoms with Gasteiger partial charge in [-0.1, -0.05) is 6.07 Å². The first-order chi connectivity index (χ1) is 8.72. The fraction of sp³-hybridized carbons (Fsp3) is 0.231. The highest BCUT2D eigenvalue weighted by Crippen LogP contribution is 2.36. The Bertz CT molecular complexity index is 518. The predicted octanol–water partition coefficient (Wildman–Crippen LogP) is 2.69. The third kappa shape index (κ3) is 2.80. The van der Waals surface area contributed by atoms with Crippen LogP contribution in [0.25, 0.3) is 0 Å². The lowest BCUT2D eigenvalue weighted by Gasteiger charge is -2.14. The molecule has 0 aliphatic carbocycles. The molecule has 0 unspecified atom stereocenters. The van der Waals surface area contributed by atoms with Gasteiger partial charge in [0.25, 0.3) is 0 Å². The molecule has 0 amide bonds. The molecule has 0 saturated carbocycles. The Morgan fingerprint density at radius 3 is 2.56 bits per heavy atom. The van der Waals surface area contributed by atoms with Gasteiger partial charge in [-0.15, -0.1) is 0 Å². The summed E-state index contributed by atoms with van der Waals surface area (Å²) in [5.74, 6) is 0.672. The number of aliphatic hydroxyl groups excluding tert-OH is 1. The zero-order valence-corrected chi connectivity index (χ0v) is 11.0. The van der Waals surface area contributed by atoms with Crippen LogP contribution in [-0.2, 0) is 0 Å². The molecule has 1 heterocycles. The number of aromatic nitrogens is 2. The van der Waals surface area contributed by atoms with Crippen LogP contribution in [0.15, 0.2) is 46.7 Å². The lowest BCUT2D eigenvalue weighted by molar-refractivity contribution is 0.191. The molecule has 1 N–H and O–H groups in total. The molecule has 2 aromatic rings. The molecule has 94 valence electrons. The first-order valence-corrected chi connectivity index (χ1v) is 6.34. The molecule has 18 heavy (non-hydrogen) atoms. The summed E-state index contributed by atoms with van der Waals surface area (Å²) in [5, 5.41) is 10.5. The molecule has 2 rings (SSSR count). The van der Waals surface area contributed by atoms with Crippen LogP contribution < -0.4 is 4.74 Å². The van der Waals surface area contributed by atoms with Crippen molar-refractivity contribution in [3.8, 4) is 5.75 Å². The number of benzene rings is 1. The Balaban J connectivity index is 2.38. The Labute approximate surface area is 110 Å². The van der Waals surface area contributed by atoms with E-state index in [-0.39, 0.29) is 0 Å². The number of rotatable bonds is 4. The summed E-state index contributed by atoms with van der Waals surface area (Å²) in [4.78, 5) is 9.22. The van der Waals surface area contributed by atoms with E-state index >= 15 is 0 Å². The second kappa shape index (κ2) is 5.84. The van der Waals surface area contributed by atoms with Crippen molar-refractivity contribution in [1.29, 1.82) is 0 Å². The van der Waals surface area contributed by atoms with Crippen LogP contribution in [0.3, 0.4) is 0 Å². The lowest BCUT2D eigenvalue weighted by atomic mass is 10.1. The van der Waals surface area contributed by atoms with E-state index in [0.717, 1.165) is 10.5 Å². The van der Waals surface area contributed by atoms with Gasteiger partial charge in [0.15, 0.2) is 5.16 Å². The summed E-state index contributed by atoms with van der Waals surface area (Å²) in [6, 6.07) is 7.41. The van der Waals surface area contributed by atoms with Gasteiger partial charge in [-0.2, -0.15) is 0 Å². The monoisotopic (exact) mass is 262 g/mol. The molecule has 1 aromatic carbocycles. The van der Waals surface area contributed by atoms with Crippen molar-refractivity contribution in [3.63, 3.8) is 0 Å². The predicted molar refractivity (Wildman–Crippen MR) is 69.8 cm³/mol. The van der Waals surface area contributed by atoms with Crippen LogP contribution in [0, 0.1) is 0 Å². The van der Waals surface area contributed by atoms with Gasteiger partial charge in [-0.25, -0.2) is 9.97 Å². The quantitative estimate of drug-likeness (QED) is 0.858. The summed E-state index contributed by atoms with van der Waals surface area (Å²) >= 11 is 1.41. The van der Waals surface area contributed by atoms with Gasteiger partial charge in [0.2, 0.25) is 0 Å². The zero-order chi connectivity index (χ0) is 13.0. The van der Waals surface area contributed by atoms with Crippen LogP contribution in [0.5, 0.6) is 5.75 Å². The molecule has 0 radical (unpaired) electrons. The normalized spacial score (nSPS) is 12.2. The molecule has 0 aliphatic rings. The van der Waals surface area contributed by atoms with Crippen molar-refractivity contribution < 1.29 is 9.84 Å². The number of hydrogen-bond acceptors (Lipinski definition) is 5. The number of methoxy groups -OCH3 is 1. The van der Waals surface area contributed by atoms with Crippen LogP contribution >= 0.6 is 11.8 Å². The van der Waals surface area contributed by atoms with Gasteiger partial charge in [0.05, 0.1) is 13.2 Å². The number of ether oxygens (including phenoxy) is 1. The SMILES string of the molecule is COc1cccc(Sc2ncccn2)c1[C@@H](C)O. The van der Waals surface area contributed by atoms with E-state index in [4.69, 9.17) is 4.74 Å². The zero-order valence-electron chi connectivity index (χ0n) is 10.2. The lowest BCUT2D eigenvalue weighted by Crippen LogP contribution is -1.99. The Morgan fingerprint density at radius 2 is 1.94 bits per heavy atom. The highest BCUT2D eigenvalue weighted by molar-refractivity contribution is 7.99. The van der Waals surface area contributed by atoms with Crippen molar-refractivity contribution >= 4 is 11.8 Å². The molecule has 0 saturated heterocycles. The maximum Gasteiger partial charge on any atom is 0.192 e. The molecular weight excluding hydrogens is 248 g/mol. The summed E-state index contributed by atoms with van der Waals surface area (Å²) in [5.41, 5.74) is 0.762. The van der Waals surface area contributed by atoms with Gasteiger partial charge >= 0.3 is 0 Å². The van der Waals surface area contributed by atoms with Crippen LogP contribution in [0.1, 0.15) is 18.6 Å². The van der Waals surface area contributed by atoms with E-state index < -0.39 is 6.10 Å². The minimum absolute atomic E-state index is 0.604.